The summed E-state index contributed by atoms with van der Waals surface area (Å²) in [5.41, 5.74) is 4.99. The molecule has 0 aliphatic rings. The van der Waals surface area contributed by atoms with Crippen LogP contribution in [0.1, 0.15) is 43.9 Å². The van der Waals surface area contributed by atoms with E-state index in [4.69, 9.17) is 0 Å². The quantitative estimate of drug-likeness (QED) is 0.536. The number of anilines is 1. The van der Waals surface area contributed by atoms with Crippen molar-refractivity contribution in [2.75, 3.05) is 18.0 Å². The summed E-state index contributed by atoms with van der Waals surface area (Å²) in [5, 5.41) is 13.9. The van der Waals surface area contributed by atoms with Crippen molar-refractivity contribution in [3.05, 3.63) is 65.7 Å². The first-order chi connectivity index (χ1) is 12.7. The number of carbonyl (C=O) groups excluding carboxylic acids is 1. The monoisotopic (exact) mass is 353 g/mol. The van der Waals surface area contributed by atoms with Crippen LogP contribution in [-0.2, 0) is 4.79 Å². The molecule has 0 fully saturated rings. The van der Waals surface area contributed by atoms with Crippen LogP contribution in [0.25, 0.3) is 0 Å². The molecule has 0 heterocycles. The zero-order chi connectivity index (χ0) is 18.8. The number of hydrazone groups is 1. The molecular weight excluding hydrogens is 326 g/mol. The van der Waals surface area contributed by atoms with Crippen LogP contribution in [0.3, 0.4) is 0 Å². The topological polar surface area (TPSA) is 64.9 Å². The number of nitrogens with one attached hydrogen (secondary N) is 1. The van der Waals surface area contributed by atoms with E-state index in [2.05, 4.69) is 41.4 Å². The molecular formula is C21H27N3O2. The lowest BCUT2D eigenvalue weighted by atomic mass is 10.1. The van der Waals surface area contributed by atoms with Crippen molar-refractivity contribution in [1.82, 2.24) is 5.43 Å². The molecule has 0 aliphatic carbocycles. The SMILES string of the molecule is CCCN(CCC)c1ccc(/C=N/NC(=O)C(O)c2ccccc2)cc1. The summed E-state index contributed by atoms with van der Waals surface area (Å²) in [6.07, 6.45) is 2.56. The average molecular weight is 353 g/mol. The number of hydrogen-bond acceptors (Lipinski definition) is 4. The maximum Gasteiger partial charge on any atom is 0.273 e. The third kappa shape index (κ3) is 5.70. The highest BCUT2D eigenvalue weighted by Gasteiger charge is 2.15. The zero-order valence-electron chi connectivity index (χ0n) is 15.4. The van der Waals surface area contributed by atoms with Gasteiger partial charge in [0.2, 0.25) is 0 Å². The molecule has 138 valence electrons. The van der Waals surface area contributed by atoms with Crippen molar-refractivity contribution in [2.24, 2.45) is 5.10 Å². The Morgan fingerprint density at radius 1 is 1.08 bits per heavy atom. The first-order valence-corrected chi connectivity index (χ1v) is 9.06. The number of aliphatic hydroxyl groups is 1. The van der Waals surface area contributed by atoms with Gasteiger partial charge in [0.05, 0.1) is 6.21 Å². The summed E-state index contributed by atoms with van der Waals surface area (Å²) in [5.74, 6) is -0.555. The fraction of sp³-hybridized carbons (Fsp3) is 0.333. The molecule has 0 saturated heterocycles. The van der Waals surface area contributed by atoms with Gasteiger partial charge in [-0.05, 0) is 36.1 Å². The van der Waals surface area contributed by atoms with Crippen molar-refractivity contribution in [3.63, 3.8) is 0 Å². The summed E-state index contributed by atoms with van der Waals surface area (Å²) in [7, 11) is 0. The minimum Gasteiger partial charge on any atom is -0.378 e. The van der Waals surface area contributed by atoms with E-state index >= 15 is 0 Å². The van der Waals surface area contributed by atoms with Gasteiger partial charge >= 0.3 is 0 Å². The molecule has 0 bridgehead atoms. The Kier molecular flexibility index (Phi) is 7.83. The van der Waals surface area contributed by atoms with Crippen molar-refractivity contribution < 1.29 is 9.90 Å². The Labute approximate surface area is 155 Å². The fourth-order valence-corrected chi connectivity index (χ4v) is 2.70. The minimum atomic E-state index is -1.23. The van der Waals surface area contributed by atoms with Crippen LogP contribution in [-0.4, -0.2) is 30.3 Å². The summed E-state index contributed by atoms with van der Waals surface area (Å²) in [6.45, 7) is 6.43. The number of aliphatic hydroxyl groups excluding tert-OH is 1. The second-order valence-corrected chi connectivity index (χ2v) is 6.13. The van der Waals surface area contributed by atoms with Crippen molar-refractivity contribution in [2.45, 2.75) is 32.8 Å². The average Bonchev–Trinajstić information content (AvgIpc) is 2.68. The maximum absolute atomic E-state index is 11.9. The summed E-state index contributed by atoms with van der Waals surface area (Å²) in [4.78, 5) is 14.3. The third-order valence-corrected chi connectivity index (χ3v) is 4.00. The van der Waals surface area contributed by atoms with Gasteiger partial charge in [0, 0.05) is 18.8 Å². The number of rotatable bonds is 9. The molecule has 2 aromatic rings. The Hall–Kier alpha value is -2.66. The van der Waals surface area contributed by atoms with E-state index in [9.17, 15) is 9.90 Å². The van der Waals surface area contributed by atoms with Gasteiger partial charge in [0.15, 0.2) is 6.10 Å². The largest absolute Gasteiger partial charge is 0.378 e. The number of hydrogen-bond donors (Lipinski definition) is 2. The van der Waals surface area contributed by atoms with Gasteiger partial charge in [-0.2, -0.15) is 5.10 Å². The molecule has 2 aromatic carbocycles. The highest BCUT2D eigenvalue weighted by molar-refractivity contribution is 5.85. The Bertz CT molecular complexity index is 693. The predicted octanol–water partition coefficient (Wildman–Crippen LogP) is 3.50. The predicted molar refractivity (Wildman–Crippen MR) is 106 cm³/mol. The first kappa shape index (κ1) is 19.7. The van der Waals surface area contributed by atoms with Crippen molar-refractivity contribution in [1.29, 1.82) is 0 Å². The standard InChI is InChI=1S/C21H27N3O2/c1-3-14-24(15-4-2)19-12-10-17(11-13-19)16-22-23-21(26)20(25)18-8-6-5-7-9-18/h5-13,16,20,25H,3-4,14-15H2,1-2H3,(H,23,26)/b22-16+. The lowest BCUT2D eigenvalue weighted by Gasteiger charge is -2.23. The van der Waals surface area contributed by atoms with E-state index in [1.807, 2.05) is 18.2 Å². The van der Waals surface area contributed by atoms with Gasteiger partial charge in [-0.1, -0.05) is 56.3 Å². The normalized spacial score (nSPS) is 12.1. The molecule has 0 aliphatic heterocycles. The molecule has 2 N–H and O–H groups in total. The first-order valence-electron chi connectivity index (χ1n) is 9.06. The van der Waals surface area contributed by atoms with Gasteiger partial charge in [0.25, 0.3) is 5.91 Å². The lowest BCUT2D eigenvalue weighted by molar-refractivity contribution is -0.129. The van der Waals surface area contributed by atoms with E-state index in [1.165, 1.54) is 5.69 Å². The Morgan fingerprint density at radius 2 is 1.69 bits per heavy atom. The Morgan fingerprint density at radius 3 is 2.27 bits per heavy atom. The number of carbonyl (C=O) groups is 1. The highest BCUT2D eigenvalue weighted by atomic mass is 16.3. The molecule has 0 aromatic heterocycles. The van der Waals surface area contributed by atoms with Crippen LogP contribution in [0.5, 0.6) is 0 Å². The van der Waals surface area contributed by atoms with Crippen LogP contribution < -0.4 is 10.3 Å². The molecule has 1 atom stereocenters. The van der Waals surface area contributed by atoms with Crippen LogP contribution in [0.15, 0.2) is 59.7 Å². The van der Waals surface area contributed by atoms with Gasteiger partial charge < -0.3 is 10.0 Å². The van der Waals surface area contributed by atoms with Gasteiger partial charge in [-0.15, -0.1) is 0 Å². The smallest absolute Gasteiger partial charge is 0.273 e. The van der Waals surface area contributed by atoms with E-state index in [0.717, 1.165) is 31.5 Å². The number of amides is 1. The van der Waals surface area contributed by atoms with E-state index in [0.29, 0.717) is 5.56 Å². The second kappa shape index (κ2) is 10.4. The maximum atomic E-state index is 11.9. The van der Waals surface area contributed by atoms with Crippen LogP contribution >= 0.6 is 0 Å². The van der Waals surface area contributed by atoms with Crippen LogP contribution in [0.2, 0.25) is 0 Å². The van der Waals surface area contributed by atoms with E-state index in [1.54, 1.807) is 30.5 Å². The summed E-state index contributed by atoms with van der Waals surface area (Å²) >= 11 is 0. The van der Waals surface area contributed by atoms with Crippen molar-refractivity contribution >= 4 is 17.8 Å². The van der Waals surface area contributed by atoms with Gasteiger partial charge in [-0.25, -0.2) is 5.43 Å². The fourth-order valence-electron chi connectivity index (χ4n) is 2.70. The molecule has 2 rings (SSSR count). The third-order valence-electron chi connectivity index (χ3n) is 4.00. The lowest BCUT2D eigenvalue weighted by Crippen LogP contribution is -2.25. The van der Waals surface area contributed by atoms with Gasteiger partial charge in [-0.3, -0.25) is 4.79 Å². The molecule has 5 heteroatoms. The minimum absolute atomic E-state index is 0.538. The molecule has 26 heavy (non-hydrogen) atoms. The van der Waals surface area contributed by atoms with Gasteiger partial charge in [0.1, 0.15) is 0 Å². The van der Waals surface area contributed by atoms with E-state index < -0.39 is 12.0 Å². The number of benzene rings is 2. The van der Waals surface area contributed by atoms with E-state index in [-0.39, 0.29) is 0 Å². The Balaban J connectivity index is 1.92. The molecule has 1 unspecified atom stereocenters. The highest BCUT2D eigenvalue weighted by Crippen LogP contribution is 2.16. The molecule has 1 amide bonds. The zero-order valence-corrected chi connectivity index (χ0v) is 15.4. The molecule has 0 spiro atoms. The molecule has 0 saturated carbocycles. The number of nitrogens with zero attached hydrogens (tertiary/aromatic N) is 2. The summed E-state index contributed by atoms with van der Waals surface area (Å²) in [6, 6.07) is 16.8. The van der Waals surface area contributed by atoms with Crippen LogP contribution in [0, 0.1) is 0 Å². The summed E-state index contributed by atoms with van der Waals surface area (Å²) < 4.78 is 0. The van der Waals surface area contributed by atoms with Crippen LogP contribution in [0.4, 0.5) is 5.69 Å². The molecule has 0 radical (unpaired) electrons. The van der Waals surface area contributed by atoms with Crippen molar-refractivity contribution in [3.8, 4) is 0 Å². The second-order valence-electron chi connectivity index (χ2n) is 6.13. The molecule has 5 nitrogen and oxygen atoms in total.